The lowest BCUT2D eigenvalue weighted by Crippen LogP contribution is -2.51. The Hall–Kier alpha value is -3.34. The number of amides is 4. The van der Waals surface area contributed by atoms with E-state index >= 15 is 0 Å². The Bertz CT molecular complexity index is 1090. The van der Waals surface area contributed by atoms with E-state index in [-0.39, 0.29) is 18.0 Å². The van der Waals surface area contributed by atoms with Crippen LogP contribution in [0.15, 0.2) is 18.3 Å². The smallest absolute Gasteiger partial charge is 0.416 e. The van der Waals surface area contributed by atoms with E-state index in [1.807, 2.05) is 5.32 Å². The number of hydrogen-bond donors (Lipinski definition) is 3. The molecule has 4 amide bonds. The number of rotatable bonds is 10. The van der Waals surface area contributed by atoms with Gasteiger partial charge in [-0.05, 0) is 52.3 Å². The van der Waals surface area contributed by atoms with Gasteiger partial charge in [0.2, 0.25) is 0 Å². The summed E-state index contributed by atoms with van der Waals surface area (Å²) < 4.78 is 94.5. The van der Waals surface area contributed by atoms with Crippen LogP contribution in [-0.4, -0.2) is 90.4 Å². The van der Waals surface area contributed by atoms with Gasteiger partial charge in [-0.3, -0.25) is 4.79 Å². The van der Waals surface area contributed by atoms with Crippen LogP contribution in [0.2, 0.25) is 0 Å². The fraction of sp³-hybridized carbons (Fsp3) is 0.667. The molecule has 17 heteroatoms. The van der Waals surface area contributed by atoms with Gasteiger partial charge in [-0.2, -0.15) is 26.3 Å². The van der Waals surface area contributed by atoms with Crippen LogP contribution in [0.1, 0.15) is 46.2 Å². The van der Waals surface area contributed by atoms with Gasteiger partial charge in [-0.1, -0.05) is 0 Å². The average molecular weight is 602 g/mol. The second kappa shape index (κ2) is 12.7. The summed E-state index contributed by atoms with van der Waals surface area (Å²) in [5.41, 5.74) is -3.42. The van der Waals surface area contributed by atoms with Gasteiger partial charge in [0.25, 0.3) is 5.91 Å². The molecule has 1 aliphatic rings. The Balaban J connectivity index is 2.28. The number of carbonyl (C=O) groups excluding carboxylic acids is 3. The lowest BCUT2D eigenvalue weighted by atomic mass is 10.1. The number of ether oxygens (including phenoxy) is 3. The molecule has 41 heavy (non-hydrogen) atoms. The lowest BCUT2D eigenvalue weighted by molar-refractivity contribution is -0.264. The number of aromatic nitrogens is 1. The molecule has 2 heterocycles. The summed E-state index contributed by atoms with van der Waals surface area (Å²) in [6.07, 6.45) is -9.38. The molecule has 0 bridgehead atoms. The van der Waals surface area contributed by atoms with Gasteiger partial charge in [0.05, 0.1) is 25.8 Å². The van der Waals surface area contributed by atoms with Crippen molar-refractivity contribution in [1.82, 2.24) is 20.5 Å². The van der Waals surface area contributed by atoms with E-state index in [0.717, 1.165) is 18.7 Å². The summed E-state index contributed by atoms with van der Waals surface area (Å²) in [5.74, 6) is -1.20. The number of urea groups is 1. The molecule has 1 aliphatic heterocycles. The van der Waals surface area contributed by atoms with Crippen LogP contribution in [0, 0.1) is 0 Å². The monoisotopic (exact) mass is 601 g/mol. The van der Waals surface area contributed by atoms with E-state index < -0.39 is 72.9 Å². The number of nitrogens with one attached hydrogen (secondary N) is 3. The average Bonchev–Trinajstić information content (AvgIpc) is 3.20. The minimum atomic E-state index is -4.79. The molecule has 1 fully saturated rings. The van der Waals surface area contributed by atoms with E-state index in [9.17, 15) is 40.7 Å². The van der Waals surface area contributed by atoms with Crippen LogP contribution >= 0.6 is 0 Å². The zero-order valence-electron chi connectivity index (χ0n) is 23.2. The molecule has 11 nitrogen and oxygen atoms in total. The SMILES string of the molecule is COC[C@H](c1ccnc(NC(=O)[C@H](COC(C)(C)C(F)(F)F)NC(=O)OC(C)(C)C)c1)N1C[C@@H](C(F)(F)F)NC1=O. The van der Waals surface area contributed by atoms with Crippen LogP contribution < -0.4 is 16.0 Å². The number of alkyl carbamates (subject to hydrolysis) is 1. The molecule has 0 unspecified atom stereocenters. The highest BCUT2D eigenvalue weighted by Crippen LogP contribution is 2.33. The highest BCUT2D eigenvalue weighted by molar-refractivity contribution is 5.96. The van der Waals surface area contributed by atoms with Crippen molar-refractivity contribution < 1.29 is 54.9 Å². The Kier molecular flexibility index (Phi) is 10.5. The minimum absolute atomic E-state index is 0.174. The maximum Gasteiger partial charge on any atom is 0.416 e. The first-order valence-electron chi connectivity index (χ1n) is 12.2. The van der Waals surface area contributed by atoms with Crippen LogP contribution in [0.5, 0.6) is 0 Å². The van der Waals surface area contributed by atoms with Gasteiger partial charge >= 0.3 is 24.5 Å². The number of methoxy groups -OCH3 is 1. The molecule has 2 rings (SSSR count). The molecule has 0 radical (unpaired) electrons. The highest BCUT2D eigenvalue weighted by atomic mass is 19.4. The normalized spacial score (nSPS) is 18.0. The third-order valence-corrected chi connectivity index (χ3v) is 5.75. The summed E-state index contributed by atoms with van der Waals surface area (Å²) in [4.78, 5) is 42.5. The van der Waals surface area contributed by atoms with Crippen molar-refractivity contribution in [1.29, 1.82) is 0 Å². The Morgan fingerprint density at radius 1 is 1.12 bits per heavy atom. The predicted molar refractivity (Wildman–Crippen MR) is 132 cm³/mol. The maximum absolute atomic E-state index is 13.3. The van der Waals surface area contributed by atoms with Crippen molar-refractivity contribution in [2.24, 2.45) is 0 Å². The first-order chi connectivity index (χ1) is 18.6. The standard InChI is InChI=1S/C24H33F6N5O6/c1-21(2,3)41-20(38)32-14(11-40-22(4,5)24(28,29)30)18(36)34-17-9-13(7-8-31-17)15(12-39-6)35-10-16(23(25,26)27)33-19(35)37/h7-9,14-16H,10-12H2,1-6H3,(H,32,38)(H,33,37)(H,31,34,36)/t14-,15+,16-/m0/s1. The molecule has 0 saturated carbocycles. The van der Waals surface area contributed by atoms with Gasteiger partial charge in [0.1, 0.15) is 23.5 Å². The lowest BCUT2D eigenvalue weighted by Gasteiger charge is -2.30. The largest absolute Gasteiger partial charge is 0.444 e. The topological polar surface area (TPSA) is 131 Å². The van der Waals surface area contributed by atoms with Crippen molar-refractivity contribution in [2.45, 2.75) is 76.3 Å². The third-order valence-electron chi connectivity index (χ3n) is 5.75. The summed E-state index contributed by atoms with van der Waals surface area (Å²) in [6, 6.07) is -3.14. The molecule has 1 aromatic rings. The fourth-order valence-corrected chi connectivity index (χ4v) is 3.48. The summed E-state index contributed by atoms with van der Waals surface area (Å²) in [6.45, 7) is 4.28. The van der Waals surface area contributed by atoms with Crippen LogP contribution in [-0.2, 0) is 19.0 Å². The molecule has 232 valence electrons. The third kappa shape index (κ3) is 9.62. The number of anilines is 1. The number of nitrogens with zero attached hydrogens (tertiary/aromatic N) is 2. The zero-order chi connectivity index (χ0) is 31.4. The maximum atomic E-state index is 13.3. The highest BCUT2D eigenvalue weighted by Gasteiger charge is 2.50. The fourth-order valence-electron chi connectivity index (χ4n) is 3.48. The van der Waals surface area contributed by atoms with Crippen molar-refractivity contribution in [3.05, 3.63) is 23.9 Å². The second-order valence-electron chi connectivity index (χ2n) is 10.6. The molecule has 3 N–H and O–H groups in total. The molecule has 0 spiro atoms. The van der Waals surface area contributed by atoms with Gasteiger partial charge < -0.3 is 35.1 Å². The molecule has 1 saturated heterocycles. The number of pyridine rings is 1. The number of alkyl halides is 6. The first kappa shape index (κ1) is 33.9. The van der Waals surface area contributed by atoms with Crippen LogP contribution in [0.4, 0.5) is 41.7 Å². The number of carbonyl (C=O) groups is 3. The molecular formula is C24H33F6N5O6. The van der Waals surface area contributed by atoms with E-state index in [1.165, 1.54) is 46.2 Å². The summed E-state index contributed by atoms with van der Waals surface area (Å²) in [7, 11) is 1.28. The van der Waals surface area contributed by atoms with Gasteiger partial charge in [0, 0.05) is 13.3 Å². The second-order valence-corrected chi connectivity index (χ2v) is 10.6. The van der Waals surface area contributed by atoms with E-state index in [1.54, 1.807) is 0 Å². The Labute approximate surface area is 232 Å². The molecule has 1 aromatic heterocycles. The van der Waals surface area contributed by atoms with Gasteiger partial charge in [-0.15, -0.1) is 0 Å². The van der Waals surface area contributed by atoms with Crippen molar-refractivity contribution in [2.75, 3.05) is 32.2 Å². The minimum Gasteiger partial charge on any atom is -0.444 e. The quantitative estimate of drug-likeness (QED) is 0.347. The summed E-state index contributed by atoms with van der Waals surface area (Å²) >= 11 is 0. The number of halogens is 6. The zero-order valence-corrected chi connectivity index (χ0v) is 23.2. The Morgan fingerprint density at radius 2 is 1.76 bits per heavy atom. The molecule has 0 aliphatic carbocycles. The summed E-state index contributed by atoms with van der Waals surface area (Å²) in [5, 5.41) is 6.36. The first-order valence-corrected chi connectivity index (χ1v) is 12.2. The van der Waals surface area contributed by atoms with Gasteiger partial charge in [-0.25, -0.2) is 14.6 Å². The van der Waals surface area contributed by atoms with E-state index in [4.69, 9.17) is 14.2 Å². The molecule has 0 aromatic carbocycles. The number of hydrogen-bond acceptors (Lipinski definition) is 7. The van der Waals surface area contributed by atoms with Crippen molar-refractivity contribution in [3.63, 3.8) is 0 Å². The van der Waals surface area contributed by atoms with Crippen LogP contribution in [0.25, 0.3) is 0 Å². The predicted octanol–water partition coefficient (Wildman–Crippen LogP) is 3.91. The van der Waals surface area contributed by atoms with E-state index in [0.29, 0.717) is 0 Å². The Morgan fingerprint density at radius 3 is 2.27 bits per heavy atom. The molecule has 3 atom stereocenters. The van der Waals surface area contributed by atoms with Crippen molar-refractivity contribution in [3.8, 4) is 0 Å². The van der Waals surface area contributed by atoms with E-state index in [2.05, 4.69) is 15.6 Å². The van der Waals surface area contributed by atoms with Gasteiger partial charge in [0.15, 0.2) is 5.60 Å². The molecular weight excluding hydrogens is 568 g/mol. The van der Waals surface area contributed by atoms with Crippen LogP contribution in [0.3, 0.4) is 0 Å². The van der Waals surface area contributed by atoms with Crippen molar-refractivity contribution >= 4 is 23.8 Å².